The van der Waals surface area contributed by atoms with E-state index in [9.17, 15) is 19.5 Å². The lowest BCUT2D eigenvalue weighted by atomic mass is 10.0. The Morgan fingerprint density at radius 1 is 1.28 bits per heavy atom. The van der Waals surface area contributed by atoms with Gasteiger partial charge in [0.05, 0.1) is 10.8 Å². The number of rotatable bonds is 3. The van der Waals surface area contributed by atoms with Gasteiger partial charge < -0.3 is 10.4 Å². The van der Waals surface area contributed by atoms with E-state index >= 15 is 0 Å². The maximum Gasteiger partial charge on any atom is 0.284 e. The van der Waals surface area contributed by atoms with Crippen molar-refractivity contribution in [3.8, 4) is 5.75 Å². The number of nitrogens with one attached hydrogen (secondary N) is 2. The number of thiocarbonyl (C=S) groups is 1. The average molecular weight is 490 g/mol. The van der Waals surface area contributed by atoms with Crippen LogP contribution in [0.25, 0.3) is 0 Å². The Hall–Kier alpha value is -2.69. The van der Waals surface area contributed by atoms with Crippen LogP contribution in [0.1, 0.15) is 21.8 Å². The minimum atomic E-state index is -0.640. The van der Waals surface area contributed by atoms with E-state index in [-0.39, 0.29) is 26.4 Å². The van der Waals surface area contributed by atoms with Crippen molar-refractivity contribution >= 4 is 67.6 Å². The van der Waals surface area contributed by atoms with Crippen LogP contribution in [0.2, 0.25) is 0 Å². The van der Waals surface area contributed by atoms with Crippen molar-refractivity contribution in [3.05, 3.63) is 69.0 Å². The summed E-state index contributed by atoms with van der Waals surface area (Å²) in [6.07, 6.45) is 1.55. The molecule has 1 unspecified atom stereocenters. The van der Waals surface area contributed by atoms with Crippen molar-refractivity contribution in [3.63, 3.8) is 0 Å². The number of thioether (sulfide) groups is 1. The summed E-state index contributed by atoms with van der Waals surface area (Å²) in [6, 6.07) is 11.1. The lowest BCUT2D eigenvalue weighted by Crippen LogP contribution is -2.44. The molecule has 0 saturated carbocycles. The standard InChI is InChI=1S/C19H12BrN3O4S2/c20-10-4-5-14-12(7-10)13(17(26)21-14)8-15-18(27)23(19(28)29-15)22-16(25)9-2-1-3-11(24)6-9/h1-8,13,24H,(H,21,26)(H,22,25)/b15-8-. The Morgan fingerprint density at radius 2 is 2.07 bits per heavy atom. The molecule has 0 aliphatic carbocycles. The van der Waals surface area contributed by atoms with Gasteiger partial charge in [0, 0.05) is 15.7 Å². The van der Waals surface area contributed by atoms with E-state index in [4.69, 9.17) is 12.2 Å². The van der Waals surface area contributed by atoms with Gasteiger partial charge in [0.2, 0.25) is 5.91 Å². The van der Waals surface area contributed by atoms with Gasteiger partial charge in [0.25, 0.3) is 11.8 Å². The maximum absolute atomic E-state index is 12.8. The van der Waals surface area contributed by atoms with Crippen molar-refractivity contribution in [2.45, 2.75) is 5.92 Å². The average Bonchev–Trinajstić information content (AvgIpc) is 3.12. The lowest BCUT2D eigenvalue weighted by molar-refractivity contribution is -0.123. The van der Waals surface area contributed by atoms with E-state index in [2.05, 4.69) is 26.7 Å². The molecule has 2 heterocycles. The van der Waals surface area contributed by atoms with E-state index in [1.54, 1.807) is 12.1 Å². The lowest BCUT2D eigenvalue weighted by Gasteiger charge is -2.15. The first-order valence-electron chi connectivity index (χ1n) is 8.32. The monoisotopic (exact) mass is 489 g/mol. The van der Waals surface area contributed by atoms with Gasteiger partial charge in [-0.15, -0.1) is 0 Å². The third-order valence-electron chi connectivity index (χ3n) is 4.32. The van der Waals surface area contributed by atoms with E-state index in [0.717, 1.165) is 26.8 Å². The number of amides is 3. The fourth-order valence-electron chi connectivity index (χ4n) is 2.96. The topological polar surface area (TPSA) is 98.7 Å². The highest BCUT2D eigenvalue weighted by atomic mass is 79.9. The highest BCUT2D eigenvalue weighted by molar-refractivity contribution is 9.10. The zero-order valence-corrected chi connectivity index (χ0v) is 17.7. The molecule has 1 fully saturated rings. The molecule has 3 amide bonds. The Kier molecular flexibility index (Phi) is 5.15. The SMILES string of the molecule is O=C(NN1C(=O)/C(=C/C2C(=O)Nc3ccc(Br)cc32)SC1=S)c1cccc(O)c1. The van der Waals surface area contributed by atoms with Crippen molar-refractivity contribution < 1.29 is 19.5 Å². The molecule has 146 valence electrons. The fourth-order valence-corrected chi connectivity index (χ4v) is 4.53. The first-order valence-corrected chi connectivity index (χ1v) is 10.3. The number of halogens is 1. The molecule has 29 heavy (non-hydrogen) atoms. The second kappa shape index (κ2) is 7.62. The molecule has 0 aromatic heterocycles. The van der Waals surface area contributed by atoms with Gasteiger partial charge in [-0.05, 0) is 60.3 Å². The highest BCUT2D eigenvalue weighted by Crippen LogP contribution is 2.39. The molecule has 7 nitrogen and oxygen atoms in total. The number of fused-ring (bicyclic) bond motifs is 1. The molecule has 0 radical (unpaired) electrons. The van der Waals surface area contributed by atoms with E-state index in [0.29, 0.717) is 5.69 Å². The Morgan fingerprint density at radius 3 is 2.83 bits per heavy atom. The predicted octanol–water partition coefficient (Wildman–Crippen LogP) is 3.28. The number of carbonyl (C=O) groups is 3. The number of hydrogen-bond donors (Lipinski definition) is 3. The summed E-state index contributed by atoms with van der Waals surface area (Å²) in [5.41, 5.74) is 4.05. The Labute approximate surface area is 183 Å². The quantitative estimate of drug-likeness (QED) is 0.452. The second-order valence-electron chi connectivity index (χ2n) is 6.23. The number of benzene rings is 2. The van der Waals surface area contributed by atoms with Crippen molar-refractivity contribution in [1.29, 1.82) is 0 Å². The normalized spacial score (nSPS) is 19.5. The number of hydrogen-bond acceptors (Lipinski definition) is 6. The molecule has 2 aliphatic heterocycles. The largest absolute Gasteiger partial charge is 0.508 e. The minimum Gasteiger partial charge on any atom is -0.508 e. The fraction of sp³-hybridized carbons (Fsp3) is 0.0526. The zero-order chi connectivity index (χ0) is 20.7. The summed E-state index contributed by atoms with van der Waals surface area (Å²) in [6.45, 7) is 0. The summed E-state index contributed by atoms with van der Waals surface area (Å²) >= 11 is 9.60. The third kappa shape index (κ3) is 3.78. The van der Waals surface area contributed by atoms with E-state index < -0.39 is 17.7 Å². The third-order valence-corrected chi connectivity index (χ3v) is 6.14. The number of aromatic hydroxyl groups is 1. The van der Waals surface area contributed by atoms with Crippen LogP contribution in [0.15, 0.2) is 57.9 Å². The van der Waals surface area contributed by atoms with E-state index in [1.165, 1.54) is 24.3 Å². The minimum absolute atomic E-state index is 0.0694. The summed E-state index contributed by atoms with van der Waals surface area (Å²) < 4.78 is 0.958. The molecule has 10 heteroatoms. The summed E-state index contributed by atoms with van der Waals surface area (Å²) in [5.74, 6) is -2.07. The van der Waals surface area contributed by atoms with Crippen molar-refractivity contribution in [2.75, 3.05) is 5.32 Å². The van der Waals surface area contributed by atoms with Crippen LogP contribution in [0, 0.1) is 0 Å². The summed E-state index contributed by atoms with van der Waals surface area (Å²) in [5, 5.41) is 13.3. The second-order valence-corrected chi connectivity index (χ2v) is 8.82. The molecule has 2 aromatic carbocycles. The molecule has 1 atom stereocenters. The summed E-state index contributed by atoms with van der Waals surface area (Å²) in [4.78, 5) is 37.8. The van der Waals surface area contributed by atoms with Crippen LogP contribution in [-0.2, 0) is 9.59 Å². The van der Waals surface area contributed by atoms with Gasteiger partial charge in [0.15, 0.2) is 4.32 Å². The molecule has 2 aromatic rings. The van der Waals surface area contributed by atoms with Gasteiger partial charge in [-0.1, -0.05) is 33.8 Å². The van der Waals surface area contributed by atoms with Crippen LogP contribution in [0.5, 0.6) is 5.75 Å². The maximum atomic E-state index is 12.8. The van der Waals surface area contributed by atoms with Crippen molar-refractivity contribution in [1.82, 2.24) is 10.4 Å². The van der Waals surface area contributed by atoms with Gasteiger partial charge in [-0.25, -0.2) is 0 Å². The van der Waals surface area contributed by atoms with Gasteiger partial charge in [-0.3, -0.25) is 19.8 Å². The van der Waals surface area contributed by atoms with Crippen LogP contribution in [0.3, 0.4) is 0 Å². The predicted molar refractivity (Wildman–Crippen MR) is 116 cm³/mol. The van der Waals surface area contributed by atoms with Crippen LogP contribution < -0.4 is 10.7 Å². The van der Waals surface area contributed by atoms with Crippen LogP contribution in [-0.4, -0.2) is 32.2 Å². The van der Waals surface area contributed by atoms with Crippen LogP contribution in [0.4, 0.5) is 5.69 Å². The molecule has 4 rings (SSSR count). The summed E-state index contributed by atoms with van der Waals surface area (Å²) in [7, 11) is 0. The van der Waals surface area contributed by atoms with E-state index in [1.807, 2.05) is 12.1 Å². The molecule has 1 saturated heterocycles. The first kappa shape index (κ1) is 19.6. The number of phenols is 1. The molecule has 0 bridgehead atoms. The Balaban J connectivity index is 1.57. The Bertz CT molecular complexity index is 1120. The first-order chi connectivity index (χ1) is 13.8. The number of nitrogens with zero attached hydrogens (tertiary/aromatic N) is 1. The number of carbonyl (C=O) groups excluding carboxylic acids is 3. The van der Waals surface area contributed by atoms with Gasteiger partial charge in [0.1, 0.15) is 5.75 Å². The molecular weight excluding hydrogens is 478 g/mol. The molecule has 2 aliphatic rings. The van der Waals surface area contributed by atoms with Gasteiger partial charge in [-0.2, -0.15) is 5.01 Å². The van der Waals surface area contributed by atoms with Crippen molar-refractivity contribution in [2.24, 2.45) is 0 Å². The molecule has 3 N–H and O–H groups in total. The zero-order valence-electron chi connectivity index (χ0n) is 14.5. The molecular formula is C19H12BrN3O4S2. The van der Waals surface area contributed by atoms with Gasteiger partial charge >= 0.3 is 0 Å². The number of anilines is 1. The smallest absolute Gasteiger partial charge is 0.284 e. The van der Waals surface area contributed by atoms with Crippen LogP contribution >= 0.6 is 39.9 Å². The molecule has 0 spiro atoms. The number of phenolic OH excluding ortho intramolecular Hbond substituents is 1. The number of hydrazine groups is 1. The highest BCUT2D eigenvalue weighted by Gasteiger charge is 2.37.